The summed E-state index contributed by atoms with van der Waals surface area (Å²) in [7, 11) is 0. The number of ether oxygens (including phenoxy) is 5. The van der Waals surface area contributed by atoms with E-state index >= 15 is 0 Å². The Morgan fingerprint density at radius 3 is 2.61 bits per heavy atom. The lowest BCUT2D eigenvalue weighted by Crippen LogP contribution is -2.12. The molecule has 0 fully saturated rings. The molecular weight excluding hydrogens is 546 g/mol. The first-order chi connectivity index (χ1) is 20.1. The van der Waals surface area contributed by atoms with Gasteiger partial charge in [0.05, 0.1) is 51.4 Å². The Kier molecular flexibility index (Phi) is 12.5. The fourth-order valence-corrected chi connectivity index (χ4v) is 5.12. The summed E-state index contributed by atoms with van der Waals surface area (Å²) in [4.78, 5) is 0. The lowest BCUT2D eigenvalue weighted by atomic mass is 10.1. The van der Waals surface area contributed by atoms with Crippen molar-refractivity contribution in [2.45, 2.75) is 32.8 Å². The molecule has 0 radical (unpaired) electrons. The van der Waals surface area contributed by atoms with Crippen LogP contribution in [0.5, 0.6) is 17.2 Å². The normalized spacial score (nSPS) is 12.6. The van der Waals surface area contributed by atoms with Gasteiger partial charge in [-0.05, 0) is 43.7 Å². The highest BCUT2D eigenvalue weighted by Crippen LogP contribution is 2.44. The molecule has 41 heavy (non-hydrogen) atoms. The SMILES string of the molecule is CCOc1cc2c(cc1OCCCO)-c1[nH]nc(Nc3cccc(OCCOCCOCCSCC(C)O)c3)c1C2. The number of aromatic nitrogens is 2. The van der Waals surface area contributed by atoms with E-state index in [4.69, 9.17) is 28.8 Å². The van der Waals surface area contributed by atoms with Gasteiger partial charge >= 0.3 is 0 Å². The first-order valence-corrected chi connectivity index (χ1v) is 15.3. The zero-order chi connectivity index (χ0) is 28.9. The molecule has 1 atom stereocenters. The lowest BCUT2D eigenvalue weighted by Gasteiger charge is -2.14. The van der Waals surface area contributed by atoms with Crippen LogP contribution in [-0.2, 0) is 15.9 Å². The molecule has 2 aromatic carbocycles. The van der Waals surface area contributed by atoms with Crippen LogP contribution in [0, 0.1) is 0 Å². The number of aromatic amines is 1. The molecule has 4 N–H and O–H groups in total. The first kappa shape index (κ1) is 31.0. The molecular formula is C30H41N3O7S. The summed E-state index contributed by atoms with van der Waals surface area (Å²) >= 11 is 1.68. The van der Waals surface area contributed by atoms with Crippen LogP contribution >= 0.6 is 11.8 Å². The van der Waals surface area contributed by atoms with Crippen LogP contribution in [0.2, 0.25) is 0 Å². The van der Waals surface area contributed by atoms with E-state index < -0.39 is 0 Å². The summed E-state index contributed by atoms with van der Waals surface area (Å²) in [5, 5.41) is 29.5. The summed E-state index contributed by atoms with van der Waals surface area (Å²) in [6, 6.07) is 11.8. The number of aliphatic hydroxyl groups excluding tert-OH is 2. The monoisotopic (exact) mass is 587 g/mol. The van der Waals surface area contributed by atoms with Crippen molar-refractivity contribution in [3.8, 4) is 28.5 Å². The molecule has 0 bridgehead atoms. The number of hydrogen-bond acceptors (Lipinski definition) is 10. The third-order valence-electron chi connectivity index (χ3n) is 6.23. The number of benzene rings is 2. The lowest BCUT2D eigenvalue weighted by molar-refractivity contribution is 0.0412. The Labute approximate surface area is 245 Å². The van der Waals surface area contributed by atoms with Crippen LogP contribution in [0.1, 0.15) is 31.4 Å². The molecule has 3 aromatic rings. The molecule has 0 aliphatic heterocycles. The van der Waals surface area contributed by atoms with E-state index in [-0.39, 0.29) is 12.7 Å². The maximum atomic E-state index is 9.24. The molecule has 0 saturated heterocycles. The van der Waals surface area contributed by atoms with Gasteiger partial charge in [0.2, 0.25) is 0 Å². The number of aliphatic hydroxyl groups is 2. The number of anilines is 2. The summed E-state index contributed by atoms with van der Waals surface area (Å²) in [5.41, 5.74) is 5.11. The van der Waals surface area contributed by atoms with Gasteiger partial charge in [0.25, 0.3) is 0 Å². The van der Waals surface area contributed by atoms with Crippen LogP contribution in [0.3, 0.4) is 0 Å². The number of fused-ring (bicyclic) bond motifs is 3. The topological polar surface area (TPSA) is 127 Å². The molecule has 0 spiro atoms. The van der Waals surface area contributed by atoms with E-state index in [1.165, 1.54) is 0 Å². The van der Waals surface area contributed by atoms with Crippen molar-refractivity contribution in [3.63, 3.8) is 0 Å². The quantitative estimate of drug-likeness (QED) is 0.110. The molecule has 1 aliphatic rings. The largest absolute Gasteiger partial charge is 0.491 e. The molecule has 11 heteroatoms. The highest BCUT2D eigenvalue weighted by molar-refractivity contribution is 7.99. The van der Waals surface area contributed by atoms with E-state index in [2.05, 4.69) is 15.5 Å². The Morgan fingerprint density at radius 1 is 1.00 bits per heavy atom. The Bertz CT molecular complexity index is 1220. The van der Waals surface area contributed by atoms with Crippen molar-refractivity contribution < 1.29 is 33.9 Å². The first-order valence-electron chi connectivity index (χ1n) is 14.1. The van der Waals surface area contributed by atoms with Gasteiger partial charge < -0.3 is 39.2 Å². The van der Waals surface area contributed by atoms with Gasteiger partial charge in [-0.15, -0.1) is 0 Å². The van der Waals surface area contributed by atoms with Crippen LogP contribution in [-0.4, -0.2) is 90.9 Å². The second kappa shape index (κ2) is 16.5. The van der Waals surface area contributed by atoms with Crippen LogP contribution < -0.4 is 19.5 Å². The number of thioether (sulfide) groups is 1. The van der Waals surface area contributed by atoms with E-state index in [9.17, 15) is 5.11 Å². The smallest absolute Gasteiger partial charge is 0.161 e. The Hall–Kier alpha value is -2.96. The van der Waals surface area contributed by atoms with Crippen molar-refractivity contribution in [1.82, 2.24) is 10.2 Å². The minimum absolute atomic E-state index is 0.0802. The minimum atomic E-state index is -0.280. The molecule has 0 amide bonds. The van der Waals surface area contributed by atoms with Crippen molar-refractivity contribution in [3.05, 3.63) is 47.5 Å². The molecule has 4 rings (SSSR count). The van der Waals surface area contributed by atoms with Crippen molar-refractivity contribution in [2.24, 2.45) is 0 Å². The van der Waals surface area contributed by atoms with Crippen LogP contribution in [0.4, 0.5) is 11.5 Å². The third kappa shape index (κ3) is 9.27. The van der Waals surface area contributed by atoms with E-state index in [1.807, 2.05) is 43.3 Å². The highest BCUT2D eigenvalue weighted by Gasteiger charge is 2.27. The van der Waals surface area contributed by atoms with Gasteiger partial charge in [0, 0.05) is 53.8 Å². The summed E-state index contributed by atoms with van der Waals surface area (Å²) in [6.45, 7) is 7.39. The standard InChI is InChI=1S/C30H41N3O7S/c1-3-38-27-17-22-16-26-29(25(22)19-28(27)40-9-5-8-34)32-33-30(26)31-23-6-4-7-24(18-23)39-13-12-36-10-11-37-14-15-41-20-21(2)35/h4,6-7,17-19,21,34-35H,3,5,8-16,20H2,1-2H3,(H2,31,32,33). The second-order valence-electron chi connectivity index (χ2n) is 9.57. The average molecular weight is 588 g/mol. The number of nitrogens with zero attached hydrogens (tertiary/aromatic N) is 1. The number of rotatable bonds is 20. The molecule has 224 valence electrons. The fourth-order valence-electron chi connectivity index (χ4n) is 4.38. The predicted octanol–water partition coefficient (Wildman–Crippen LogP) is 4.41. The maximum Gasteiger partial charge on any atom is 0.161 e. The molecule has 1 aliphatic carbocycles. The van der Waals surface area contributed by atoms with Gasteiger partial charge in [0.1, 0.15) is 12.4 Å². The fraction of sp³-hybridized carbons (Fsp3) is 0.500. The highest BCUT2D eigenvalue weighted by atomic mass is 32.2. The summed E-state index contributed by atoms with van der Waals surface area (Å²) in [5.74, 6) is 4.48. The van der Waals surface area contributed by atoms with Gasteiger partial charge in [-0.25, -0.2) is 0 Å². The van der Waals surface area contributed by atoms with Crippen LogP contribution in [0.15, 0.2) is 36.4 Å². The Balaban J connectivity index is 1.25. The third-order valence-corrected chi connectivity index (χ3v) is 7.40. The Morgan fingerprint density at radius 2 is 1.80 bits per heavy atom. The van der Waals surface area contributed by atoms with Gasteiger partial charge in [-0.3, -0.25) is 5.10 Å². The van der Waals surface area contributed by atoms with Crippen LogP contribution in [0.25, 0.3) is 11.3 Å². The number of hydrogen-bond donors (Lipinski definition) is 4. The summed E-state index contributed by atoms with van der Waals surface area (Å²) < 4.78 is 28.7. The van der Waals surface area contributed by atoms with Gasteiger partial charge in [-0.1, -0.05) is 6.07 Å². The number of H-pyrrole nitrogens is 1. The maximum absolute atomic E-state index is 9.24. The second-order valence-corrected chi connectivity index (χ2v) is 10.7. The van der Waals surface area contributed by atoms with E-state index in [0.29, 0.717) is 64.2 Å². The molecule has 0 saturated carbocycles. The van der Waals surface area contributed by atoms with E-state index in [0.717, 1.165) is 57.6 Å². The zero-order valence-corrected chi connectivity index (χ0v) is 24.6. The molecule has 1 aromatic heterocycles. The molecule has 10 nitrogen and oxygen atoms in total. The van der Waals surface area contributed by atoms with Gasteiger partial charge in [0.15, 0.2) is 17.3 Å². The minimum Gasteiger partial charge on any atom is -0.491 e. The van der Waals surface area contributed by atoms with Crippen molar-refractivity contribution in [1.29, 1.82) is 0 Å². The summed E-state index contributed by atoms with van der Waals surface area (Å²) in [6.07, 6.45) is 0.999. The van der Waals surface area contributed by atoms with Crippen molar-refractivity contribution in [2.75, 3.05) is 69.7 Å². The molecule has 1 heterocycles. The van der Waals surface area contributed by atoms with E-state index in [1.54, 1.807) is 18.7 Å². The van der Waals surface area contributed by atoms with Crippen molar-refractivity contribution >= 4 is 23.3 Å². The molecule has 1 unspecified atom stereocenters. The average Bonchev–Trinajstić information content (AvgIpc) is 3.51. The zero-order valence-electron chi connectivity index (χ0n) is 23.8. The number of nitrogens with one attached hydrogen (secondary N) is 2. The predicted molar refractivity (Wildman–Crippen MR) is 161 cm³/mol. The van der Waals surface area contributed by atoms with Gasteiger partial charge in [-0.2, -0.15) is 16.9 Å².